The molecule has 1 N–H and O–H groups in total. The molecule has 1 amide bonds. The maximum absolute atomic E-state index is 12.2. The Morgan fingerprint density at radius 2 is 2.13 bits per heavy atom. The molecule has 126 valence electrons. The summed E-state index contributed by atoms with van der Waals surface area (Å²) in [6, 6.07) is 7.88. The summed E-state index contributed by atoms with van der Waals surface area (Å²) in [7, 11) is 0. The monoisotopic (exact) mass is 317 g/mol. The fourth-order valence-electron chi connectivity index (χ4n) is 4.43. The Bertz CT molecular complexity index is 573. The Morgan fingerprint density at radius 3 is 2.87 bits per heavy atom. The first-order chi connectivity index (χ1) is 11.1. The Morgan fingerprint density at radius 1 is 1.35 bits per heavy atom. The van der Waals surface area contributed by atoms with Gasteiger partial charge in [0, 0.05) is 24.9 Å². The first-order valence-corrected chi connectivity index (χ1v) is 8.78. The predicted molar refractivity (Wildman–Crippen MR) is 89.3 cm³/mol. The number of hydrogen-bond donors (Lipinski definition) is 1. The lowest BCUT2D eigenvalue weighted by Crippen LogP contribution is -2.55. The SMILES string of the molecule is CCOc1ccccc1[C@H]1[C@H]2CCCC[C@@]2(O)CCN1C(C)=O. The van der Waals surface area contributed by atoms with Gasteiger partial charge in [-0.1, -0.05) is 31.0 Å². The second-order valence-corrected chi connectivity index (χ2v) is 6.83. The molecule has 1 saturated heterocycles. The van der Waals surface area contributed by atoms with E-state index in [0.717, 1.165) is 37.0 Å². The number of amides is 1. The highest BCUT2D eigenvalue weighted by Crippen LogP contribution is 2.50. The lowest BCUT2D eigenvalue weighted by molar-refractivity contribution is -0.153. The highest BCUT2D eigenvalue weighted by atomic mass is 16.5. The number of piperidine rings is 1. The quantitative estimate of drug-likeness (QED) is 0.930. The highest BCUT2D eigenvalue weighted by Gasteiger charge is 2.50. The minimum atomic E-state index is -0.645. The van der Waals surface area contributed by atoms with Crippen LogP contribution < -0.4 is 4.74 Å². The van der Waals surface area contributed by atoms with Gasteiger partial charge in [-0.3, -0.25) is 4.79 Å². The van der Waals surface area contributed by atoms with Gasteiger partial charge in [-0.25, -0.2) is 0 Å². The predicted octanol–water partition coefficient (Wildman–Crippen LogP) is 3.30. The number of carbonyl (C=O) groups excluding carboxylic acids is 1. The van der Waals surface area contributed by atoms with Crippen molar-refractivity contribution in [3.05, 3.63) is 29.8 Å². The van der Waals surface area contributed by atoms with Gasteiger partial charge in [0.1, 0.15) is 5.75 Å². The summed E-state index contributed by atoms with van der Waals surface area (Å²) in [6.45, 7) is 4.81. The summed E-state index contributed by atoms with van der Waals surface area (Å²) in [4.78, 5) is 14.2. The fraction of sp³-hybridized carbons (Fsp3) is 0.632. The molecule has 1 saturated carbocycles. The lowest BCUT2D eigenvalue weighted by atomic mass is 9.66. The molecule has 4 nitrogen and oxygen atoms in total. The summed E-state index contributed by atoms with van der Waals surface area (Å²) in [5, 5.41) is 11.2. The van der Waals surface area contributed by atoms with E-state index in [1.165, 1.54) is 0 Å². The standard InChI is InChI=1S/C19H27NO3/c1-3-23-17-10-5-4-8-15(17)18-16-9-6-7-11-19(16,22)12-13-20(18)14(2)21/h4-5,8,10,16,18,22H,3,6-7,9,11-13H2,1-2H3/t16-,18+,19-/m1/s1. The molecule has 0 spiro atoms. The molecule has 1 aromatic carbocycles. The van der Waals surface area contributed by atoms with Gasteiger partial charge >= 0.3 is 0 Å². The molecule has 2 aliphatic rings. The van der Waals surface area contributed by atoms with Crippen molar-refractivity contribution >= 4 is 5.91 Å². The van der Waals surface area contributed by atoms with Crippen molar-refractivity contribution in [1.29, 1.82) is 0 Å². The van der Waals surface area contributed by atoms with Gasteiger partial charge < -0.3 is 14.7 Å². The van der Waals surface area contributed by atoms with Gasteiger partial charge in [0.2, 0.25) is 5.91 Å². The number of para-hydroxylation sites is 1. The van der Waals surface area contributed by atoms with Gasteiger partial charge in [0.15, 0.2) is 0 Å². The molecule has 0 aromatic heterocycles. The molecule has 23 heavy (non-hydrogen) atoms. The number of nitrogens with zero attached hydrogens (tertiary/aromatic N) is 1. The van der Waals surface area contributed by atoms with E-state index in [9.17, 15) is 9.90 Å². The van der Waals surface area contributed by atoms with Gasteiger partial charge in [0.25, 0.3) is 0 Å². The van der Waals surface area contributed by atoms with Crippen LogP contribution in [0.3, 0.4) is 0 Å². The fourth-order valence-corrected chi connectivity index (χ4v) is 4.43. The molecule has 0 radical (unpaired) electrons. The van der Waals surface area contributed by atoms with Crippen LogP contribution in [0, 0.1) is 5.92 Å². The molecular weight excluding hydrogens is 290 g/mol. The topological polar surface area (TPSA) is 49.8 Å². The van der Waals surface area contributed by atoms with E-state index in [0.29, 0.717) is 19.6 Å². The Kier molecular flexibility index (Phi) is 4.62. The van der Waals surface area contributed by atoms with Crippen LogP contribution in [-0.4, -0.2) is 34.7 Å². The van der Waals surface area contributed by atoms with Crippen molar-refractivity contribution in [3.63, 3.8) is 0 Å². The number of rotatable bonds is 3. The molecule has 0 unspecified atom stereocenters. The Balaban J connectivity index is 2.05. The maximum atomic E-state index is 12.2. The van der Waals surface area contributed by atoms with E-state index in [1.54, 1.807) is 6.92 Å². The number of likely N-dealkylation sites (tertiary alicyclic amines) is 1. The minimum Gasteiger partial charge on any atom is -0.494 e. The smallest absolute Gasteiger partial charge is 0.219 e. The van der Waals surface area contributed by atoms with Crippen molar-refractivity contribution in [2.24, 2.45) is 5.92 Å². The molecule has 1 aliphatic carbocycles. The van der Waals surface area contributed by atoms with Crippen LogP contribution in [0.25, 0.3) is 0 Å². The van der Waals surface area contributed by atoms with E-state index in [2.05, 4.69) is 0 Å². The van der Waals surface area contributed by atoms with Crippen molar-refractivity contribution in [2.45, 2.75) is 57.6 Å². The second-order valence-electron chi connectivity index (χ2n) is 6.83. The molecule has 1 aliphatic heterocycles. The first kappa shape index (κ1) is 16.3. The lowest BCUT2D eigenvalue weighted by Gasteiger charge is -2.52. The Labute approximate surface area is 138 Å². The van der Waals surface area contributed by atoms with Crippen LogP contribution in [0.5, 0.6) is 5.75 Å². The third-order valence-electron chi connectivity index (χ3n) is 5.51. The average molecular weight is 317 g/mol. The molecular formula is C19H27NO3. The first-order valence-electron chi connectivity index (χ1n) is 8.78. The zero-order valence-electron chi connectivity index (χ0n) is 14.1. The molecule has 1 heterocycles. The van der Waals surface area contributed by atoms with Crippen LogP contribution >= 0.6 is 0 Å². The number of fused-ring (bicyclic) bond motifs is 1. The second kappa shape index (κ2) is 6.52. The van der Waals surface area contributed by atoms with E-state index >= 15 is 0 Å². The number of carbonyl (C=O) groups is 1. The third kappa shape index (κ3) is 2.97. The van der Waals surface area contributed by atoms with Gasteiger partial charge in [0.05, 0.1) is 18.2 Å². The van der Waals surface area contributed by atoms with E-state index in [4.69, 9.17) is 4.74 Å². The van der Waals surface area contributed by atoms with Crippen LogP contribution in [0.4, 0.5) is 0 Å². The molecule has 4 heteroatoms. The molecule has 0 bridgehead atoms. The van der Waals surface area contributed by atoms with Gasteiger partial charge in [-0.05, 0) is 32.3 Å². The summed E-state index contributed by atoms with van der Waals surface area (Å²) in [6.07, 6.45) is 4.69. The summed E-state index contributed by atoms with van der Waals surface area (Å²) in [5.74, 6) is 1.01. The summed E-state index contributed by atoms with van der Waals surface area (Å²) >= 11 is 0. The number of hydrogen-bond acceptors (Lipinski definition) is 3. The minimum absolute atomic E-state index is 0.0777. The normalized spacial score (nSPS) is 30.7. The highest BCUT2D eigenvalue weighted by molar-refractivity contribution is 5.74. The molecule has 3 rings (SSSR count). The van der Waals surface area contributed by atoms with Crippen molar-refractivity contribution < 1.29 is 14.6 Å². The van der Waals surface area contributed by atoms with Crippen LogP contribution in [0.2, 0.25) is 0 Å². The van der Waals surface area contributed by atoms with E-state index in [-0.39, 0.29) is 17.9 Å². The van der Waals surface area contributed by atoms with Crippen LogP contribution in [0.15, 0.2) is 24.3 Å². The zero-order chi connectivity index (χ0) is 16.4. The van der Waals surface area contributed by atoms with Crippen LogP contribution in [0.1, 0.15) is 57.6 Å². The molecule has 2 fully saturated rings. The Hall–Kier alpha value is -1.55. The summed E-state index contributed by atoms with van der Waals surface area (Å²) < 4.78 is 5.81. The van der Waals surface area contributed by atoms with Crippen molar-refractivity contribution in [1.82, 2.24) is 4.90 Å². The van der Waals surface area contributed by atoms with Crippen molar-refractivity contribution in [3.8, 4) is 5.75 Å². The largest absolute Gasteiger partial charge is 0.494 e. The zero-order valence-corrected chi connectivity index (χ0v) is 14.1. The number of aliphatic hydroxyl groups is 1. The summed E-state index contributed by atoms with van der Waals surface area (Å²) in [5.41, 5.74) is 0.392. The number of benzene rings is 1. The molecule has 3 atom stereocenters. The number of ether oxygens (including phenoxy) is 1. The van der Waals surface area contributed by atoms with Gasteiger partial charge in [-0.15, -0.1) is 0 Å². The average Bonchev–Trinajstić information content (AvgIpc) is 2.54. The van der Waals surface area contributed by atoms with E-state index in [1.807, 2.05) is 36.1 Å². The van der Waals surface area contributed by atoms with Crippen molar-refractivity contribution in [2.75, 3.05) is 13.2 Å². The molecule has 1 aromatic rings. The van der Waals surface area contributed by atoms with Crippen LogP contribution in [-0.2, 0) is 4.79 Å². The van der Waals surface area contributed by atoms with E-state index < -0.39 is 5.60 Å². The van der Waals surface area contributed by atoms with Gasteiger partial charge in [-0.2, -0.15) is 0 Å². The third-order valence-corrected chi connectivity index (χ3v) is 5.51. The maximum Gasteiger partial charge on any atom is 0.219 e.